The highest BCUT2D eigenvalue weighted by molar-refractivity contribution is 5.24. The molecule has 0 aromatic carbocycles. The molecule has 0 atom stereocenters. The lowest BCUT2D eigenvalue weighted by Gasteiger charge is -2.03. The summed E-state index contributed by atoms with van der Waals surface area (Å²) >= 11 is 0. The second-order valence-electron chi connectivity index (χ2n) is 3.27. The van der Waals surface area contributed by atoms with Crippen LogP contribution in [-0.4, -0.2) is 0 Å². The van der Waals surface area contributed by atoms with Crippen LogP contribution >= 0.6 is 0 Å². The van der Waals surface area contributed by atoms with Crippen LogP contribution in [0.4, 0.5) is 0 Å². The molecule has 0 aliphatic heterocycles. The predicted molar refractivity (Wildman–Crippen MR) is 66.0 cm³/mol. The van der Waals surface area contributed by atoms with E-state index < -0.39 is 0 Å². The molecule has 0 N–H and O–H groups in total. The maximum Gasteiger partial charge on any atom is -0.0219 e. The van der Waals surface area contributed by atoms with Crippen LogP contribution in [0.5, 0.6) is 0 Å². The molecule has 0 spiro atoms. The van der Waals surface area contributed by atoms with Crippen LogP contribution < -0.4 is 0 Å². The first-order valence-electron chi connectivity index (χ1n) is 4.05. The Labute approximate surface area is 85.1 Å². The van der Waals surface area contributed by atoms with E-state index in [0.29, 0.717) is 5.92 Å². The summed E-state index contributed by atoms with van der Waals surface area (Å²) in [5.74, 6) is 0.572. The van der Waals surface area contributed by atoms with E-state index in [4.69, 9.17) is 0 Å². The summed E-state index contributed by atoms with van der Waals surface area (Å²) in [6.07, 6.45) is 6.17. The molecule has 0 radical (unpaired) electrons. The van der Waals surface area contributed by atoms with Crippen molar-refractivity contribution in [1.29, 1.82) is 0 Å². The van der Waals surface area contributed by atoms with Gasteiger partial charge in [-0.05, 0) is 25.3 Å². The van der Waals surface area contributed by atoms with Crippen LogP contribution in [0.2, 0.25) is 0 Å². The minimum absolute atomic E-state index is 0. The molecule has 0 aromatic heterocycles. The Bertz CT molecular complexity index is 176. The van der Waals surface area contributed by atoms with Gasteiger partial charge in [-0.3, -0.25) is 0 Å². The standard InChI is InChI=1S/C11H18.2CH4/c1-6-11(10(4)5)8-7-9(2)3;;/h6-8,10H,1H2,2-5H3;2*1H4/b11-8+;;. The minimum Gasteiger partial charge on any atom is -0.0988 e. The van der Waals surface area contributed by atoms with Gasteiger partial charge >= 0.3 is 0 Å². The first kappa shape index (κ1) is 18.1. The van der Waals surface area contributed by atoms with Gasteiger partial charge in [0.1, 0.15) is 0 Å². The van der Waals surface area contributed by atoms with Crippen LogP contribution in [0.25, 0.3) is 0 Å². The normalized spacial score (nSPS) is 9.77. The van der Waals surface area contributed by atoms with Gasteiger partial charge in [-0.15, -0.1) is 0 Å². The molecule has 0 aliphatic rings. The third-order valence-corrected chi connectivity index (χ3v) is 1.51. The van der Waals surface area contributed by atoms with Gasteiger partial charge < -0.3 is 0 Å². The summed E-state index contributed by atoms with van der Waals surface area (Å²) in [6.45, 7) is 12.3. The second kappa shape index (κ2) is 9.31. The largest absolute Gasteiger partial charge is 0.0988 e. The second-order valence-corrected chi connectivity index (χ2v) is 3.27. The smallest absolute Gasteiger partial charge is 0.0219 e. The fourth-order valence-electron chi connectivity index (χ4n) is 0.759. The van der Waals surface area contributed by atoms with Gasteiger partial charge in [0.05, 0.1) is 0 Å². The van der Waals surface area contributed by atoms with Crippen molar-refractivity contribution >= 4 is 0 Å². The van der Waals surface area contributed by atoms with Crippen molar-refractivity contribution in [2.75, 3.05) is 0 Å². The van der Waals surface area contributed by atoms with E-state index in [1.165, 1.54) is 11.1 Å². The first-order chi connectivity index (χ1) is 5.07. The molecule has 0 fully saturated rings. The monoisotopic (exact) mass is 182 g/mol. The molecular weight excluding hydrogens is 156 g/mol. The molecule has 78 valence electrons. The number of hydrogen-bond acceptors (Lipinski definition) is 0. The van der Waals surface area contributed by atoms with Crippen molar-refractivity contribution in [2.45, 2.75) is 42.5 Å². The molecule has 0 aliphatic carbocycles. The van der Waals surface area contributed by atoms with Gasteiger partial charge in [0.25, 0.3) is 0 Å². The van der Waals surface area contributed by atoms with Gasteiger partial charge in [-0.1, -0.05) is 59.1 Å². The highest BCUT2D eigenvalue weighted by Crippen LogP contribution is 2.10. The van der Waals surface area contributed by atoms with Crippen molar-refractivity contribution in [1.82, 2.24) is 0 Å². The van der Waals surface area contributed by atoms with E-state index in [9.17, 15) is 0 Å². The lowest BCUT2D eigenvalue weighted by atomic mass is 10.0. The molecular formula is C13H26. The van der Waals surface area contributed by atoms with Crippen molar-refractivity contribution in [2.24, 2.45) is 5.92 Å². The molecule has 0 unspecified atom stereocenters. The Morgan fingerprint density at radius 1 is 1.08 bits per heavy atom. The Kier molecular flexibility index (Phi) is 13.0. The average Bonchev–Trinajstić information content (AvgIpc) is 1.87. The van der Waals surface area contributed by atoms with E-state index in [1.807, 2.05) is 6.08 Å². The molecule has 0 rings (SSSR count). The Hall–Kier alpha value is -0.780. The van der Waals surface area contributed by atoms with Crippen LogP contribution in [0.3, 0.4) is 0 Å². The highest BCUT2D eigenvalue weighted by atomic mass is 14.0. The van der Waals surface area contributed by atoms with E-state index >= 15 is 0 Å². The van der Waals surface area contributed by atoms with Crippen molar-refractivity contribution < 1.29 is 0 Å². The van der Waals surface area contributed by atoms with Gasteiger partial charge in [0.15, 0.2) is 0 Å². The van der Waals surface area contributed by atoms with Crippen molar-refractivity contribution in [3.8, 4) is 0 Å². The Balaban J connectivity index is -0.000000500. The lowest BCUT2D eigenvalue weighted by molar-refractivity contribution is 0.792. The van der Waals surface area contributed by atoms with Gasteiger partial charge in [0.2, 0.25) is 0 Å². The minimum atomic E-state index is 0. The van der Waals surface area contributed by atoms with E-state index in [0.717, 1.165) is 0 Å². The van der Waals surface area contributed by atoms with Gasteiger partial charge in [-0.2, -0.15) is 0 Å². The van der Waals surface area contributed by atoms with Crippen LogP contribution in [0.1, 0.15) is 42.5 Å². The Morgan fingerprint density at radius 2 is 1.54 bits per heavy atom. The SMILES string of the molecule is C.C.C=C/C(=C\C=C(C)C)C(C)C. The zero-order chi connectivity index (χ0) is 8.85. The number of rotatable bonds is 3. The zero-order valence-corrected chi connectivity index (χ0v) is 8.02. The van der Waals surface area contributed by atoms with E-state index in [1.54, 1.807) is 0 Å². The van der Waals surface area contributed by atoms with Gasteiger partial charge in [0, 0.05) is 0 Å². The average molecular weight is 182 g/mol. The molecule has 0 nitrogen and oxygen atoms in total. The first-order valence-corrected chi connectivity index (χ1v) is 4.05. The molecule has 0 bridgehead atoms. The zero-order valence-electron chi connectivity index (χ0n) is 8.02. The van der Waals surface area contributed by atoms with E-state index in [2.05, 4.69) is 46.4 Å². The molecule has 0 amide bonds. The summed E-state index contributed by atoms with van der Waals surface area (Å²) in [5, 5.41) is 0. The van der Waals surface area contributed by atoms with Gasteiger partial charge in [-0.25, -0.2) is 0 Å². The lowest BCUT2D eigenvalue weighted by Crippen LogP contribution is -1.88. The van der Waals surface area contributed by atoms with E-state index in [-0.39, 0.29) is 14.9 Å². The van der Waals surface area contributed by atoms with Crippen LogP contribution in [0, 0.1) is 5.92 Å². The van der Waals surface area contributed by atoms with Crippen LogP contribution in [-0.2, 0) is 0 Å². The highest BCUT2D eigenvalue weighted by Gasteiger charge is 1.94. The fraction of sp³-hybridized carbons (Fsp3) is 0.538. The summed E-state index contributed by atoms with van der Waals surface area (Å²) in [5.41, 5.74) is 2.62. The summed E-state index contributed by atoms with van der Waals surface area (Å²) in [6, 6.07) is 0. The predicted octanol–water partition coefficient (Wildman–Crippen LogP) is 4.99. The maximum absolute atomic E-state index is 3.76. The summed E-state index contributed by atoms with van der Waals surface area (Å²) in [7, 11) is 0. The van der Waals surface area contributed by atoms with Crippen molar-refractivity contribution in [3.63, 3.8) is 0 Å². The third kappa shape index (κ3) is 9.13. The molecule has 0 heterocycles. The Morgan fingerprint density at radius 3 is 1.77 bits per heavy atom. The molecule has 0 heteroatoms. The quantitative estimate of drug-likeness (QED) is 0.539. The molecule has 13 heavy (non-hydrogen) atoms. The third-order valence-electron chi connectivity index (χ3n) is 1.51. The maximum atomic E-state index is 3.76. The summed E-state index contributed by atoms with van der Waals surface area (Å²) in [4.78, 5) is 0. The molecule has 0 saturated carbocycles. The topological polar surface area (TPSA) is 0 Å². The van der Waals surface area contributed by atoms with Crippen molar-refractivity contribution in [3.05, 3.63) is 36.0 Å². The number of hydrogen-bond donors (Lipinski definition) is 0. The summed E-state index contributed by atoms with van der Waals surface area (Å²) < 4.78 is 0. The van der Waals surface area contributed by atoms with Crippen LogP contribution in [0.15, 0.2) is 36.0 Å². The molecule has 0 aromatic rings. The fourth-order valence-corrected chi connectivity index (χ4v) is 0.759. The molecule has 0 saturated heterocycles. The number of allylic oxidation sites excluding steroid dienone is 5.